The van der Waals surface area contributed by atoms with Gasteiger partial charge in [0.1, 0.15) is 0 Å². The van der Waals surface area contributed by atoms with Gasteiger partial charge in [-0.05, 0) is 42.7 Å². The van der Waals surface area contributed by atoms with E-state index in [9.17, 15) is 9.59 Å². The summed E-state index contributed by atoms with van der Waals surface area (Å²) < 4.78 is 0. The number of nitrogens with one attached hydrogen (secondary N) is 3. The molecule has 25 heavy (non-hydrogen) atoms. The van der Waals surface area contributed by atoms with Gasteiger partial charge in [-0.25, -0.2) is 4.79 Å². The zero-order valence-corrected chi connectivity index (χ0v) is 14.2. The maximum absolute atomic E-state index is 12.0. The highest BCUT2D eigenvalue weighted by molar-refractivity contribution is 5.93. The highest BCUT2D eigenvalue weighted by atomic mass is 16.2. The molecule has 0 aliphatic carbocycles. The van der Waals surface area contributed by atoms with Crippen LogP contribution in [0.1, 0.15) is 36.2 Å². The Morgan fingerprint density at radius 1 is 1.28 bits per heavy atom. The highest BCUT2D eigenvalue weighted by Gasteiger charge is 2.17. The van der Waals surface area contributed by atoms with Crippen molar-refractivity contribution in [3.8, 4) is 0 Å². The first kappa shape index (κ1) is 17.0. The van der Waals surface area contributed by atoms with Crippen LogP contribution in [0.3, 0.4) is 0 Å². The van der Waals surface area contributed by atoms with Gasteiger partial charge in [0, 0.05) is 37.0 Å². The number of hydrogen-bond donors (Lipinski definition) is 3. The van der Waals surface area contributed by atoms with Crippen molar-refractivity contribution in [1.82, 2.24) is 15.6 Å². The molecule has 3 amide bonds. The Balaban J connectivity index is 1.50. The zero-order valence-electron chi connectivity index (χ0n) is 14.2. The van der Waals surface area contributed by atoms with Gasteiger partial charge in [-0.15, -0.1) is 0 Å². The number of hydrogen-bond acceptors (Lipinski definition) is 3. The van der Waals surface area contributed by atoms with Gasteiger partial charge in [-0.1, -0.05) is 18.2 Å². The van der Waals surface area contributed by atoms with Crippen molar-refractivity contribution in [2.24, 2.45) is 0 Å². The lowest BCUT2D eigenvalue weighted by Crippen LogP contribution is -2.38. The molecular formula is C19H22N4O2. The van der Waals surface area contributed by atoms with E-state index < -0.39 is 0 Å². The first-order chi connectivity index (χ1) is 12.1. The van der Waals surface area contributed by atoms with E-state index in [1.807, 2.05) is 43.3 Å². The number of rotatable bonds is 5. The molecule has 2 heterocycles. The van der Waals surface area contributed by atoms with E-state index in [0.29, 0.717) is 19.4 Å². The topological polar surface area (TPSA) is 83.1 Å². The standard InChI is InChI=1S/C19H22N4O2/c1-13(14-5-7-17-15(12-14)6-8-18(24)23-17)22-19(25)21-11-9-16-4-2-3-10-20-16/h2-5,7,10,12-13H,6,8-9,11H2,1H3,(H,23,24)(H2,21,22,25)/t13-/m1/s1. The summed E-state index contributed by atoms with van der Waals surface area (Å²) in [6, 6.07) is 11.3. The molecule has 0 radical (unpaired) electrons. The van der Waals surface area contributed by atoms with Crippen molar-refractivity contribution in [2.45, 2.75) is 32.2 Å². The molecule has 0 saturated heterocycles. The SMILES string of the molecule is C[C@@H](NC(=O)NCCc1ccccn1)c1ccc2c(c1)CCC(=O)N2. The van der Waals surface area contributed by atoms with Crippen LogP contribution in [-0.4, -0.2) is 23.5 Å². The smallest absolute Gasteiger partial charge is 0.315 e. The molecule has 3 N–H and O–H groups in total. The summed E-state index contributed by atoms with van der Waals surface area (Å²) in [7, 11) is 0. The lowest BCUT2D eigenvalue weighted by Gasteiger charge is -2.20. The molecule has 1 aliphatic rings. The average molecular weight is 338 g/mol. The minimum atomic E-state index is -0.200. The molecule has 1 aromatic heterocycles. The summed E-state index contributed by atoms with van der Waals surface area (Å²) in [5, 5.41) is 8.66. The molecule has 2 aromatic rings. The summed E-state index contributed by atoms with van der Waals surface area (Å²) in [6.07, 6.45) is 3.68. The maximum atomic E-state index is 12.0. The molecule has 3 rings (SSSR count). The zero-order chi connectivity index (χ0) is 17.6. The Morgan fingerprint density at radius 2 is 2.16 bits per heavy atom. The fraction of sp³-hybridized carbons (Fsp3) is 0.316. The van der Waals surface area contributed by atoms with E-state index in [0.717, 1.165) is 28.9 Å². The molecule has 1 aromatic carbocycles. The Hall–Kier alpha value is -2.89. The fourth-order valence-electron chi connectivity index (χ4n) is 2.85. The van der Waals surface area contributed by atoms with Gasteiger partial charge in [-0.3, -0.25) is 9.78 Å². The van der Waals surface area contributed by atoms with Crippen LogP contribution in [-0.2, 0) is 17.6 Å². The number of anilines is 1. The predicted molar refractivity (Wildman–Crippen MR) is 96.3 cm³/mol. The van der Waals surface area contributed by atoms with Gasteiger partial charge in [0.15, 0.2) is 0 Å². The number of aryl methyl sites for hydroxylation is 1. The number of benzene rings is 1. The summed E-state index contributed by atoms with van der Waals surface area (Å²) in [5.74, 6) is 0.0544. The minimum Gasteiger partial charge on any atom is -0.338 e. The third kappa shape index (κ3) is 4.56. The van der Waals surface area contributed by atoms with E-state index in [2.05, 4.69) is 20.9 Å². The molecule has 0 spiro atoms. The molecule has 0 bridgehead atoms. The van der Waals surface area contributed by atoms with Crippen LogP contribution in [0.15, 0.2) is 42.6 Å². The number of urea groups is 1. The van der Waals surface area contributed by atoms with E-state index in [4.69, 9.17) is 0 Å². The van der Waals surface area contributed by atoms with Crippen molar-refractivity contribution in [3.05, 3.63) is 59.4 Å². The van der Waals surface area contributed by atoms with Gasteiger partial charge in [0.05, 0.1) is 6.04 Å². The fourth-order valence-corrected chi connectivity index (χ4v) is 2.85. The Bertz CT molecular complexity index is 761. The van der Waals surface area contributed by atoms with Crippen LogP contribution in [0.25, 0.3) is 0 Å². The van der Waals surface area contributed by atoms with Gasteiger partial charge in [0.25, 0.3) is 0 Å². The molecule has 0 saturated carbocycles. The number of aromatic nitrogens is 1. The lowest BCUT2D eigenvalue weighted by molar-refractivity contribution is -0.116. The molecule has 1 aliphatic heterocycles. The van der Waals surface area contributed by atoms with Crippen molar-refractivity contribution < 1.29 is 9.59 Å². The summed E-state index contributed by atoms with van der Waals surface area (Å²) in [6.45, 7) is 2.48. The Morgan fingerprint density at radius 3 is 2.96 bits per heavy atom. The van der Waals surface area contributed by atoms with Crippen molar-refractivity contribution in [1.29, 1.82) is 0 Å². The molecule has 0 fully saturated rings. The quantitative estimate of drug-likeness (QED) is 0.783. The number of nitrogens with zero attached hydrogens (tertiary/aromatic N) is 1. The van der Waals surface area contributed by atoms with Crippen LogP contribution in [0, 0.1) is 0 Å². The Kier molecular flexibility index (Phi) is 5.28. The number of carbonyl (C=O) groups is 2. The number of carbonyl (C=O) groups excluding carboxylic acids is 2. The normalized spacial score (nSPS) is 14.2. The third-order valence-electron chi connectivity index (χ3n) is 4.27. The minimum absolute atomic E-state index is 0.0544. The van der Waals surface area contributed by atoms with Crippen LogP contribution >= 0.6 is 0 Å². The van der Waals surface area contributed by atoms with E-state index in [1.165, 1.54) is 0 Å². The second-order valence-corrected chi connectivity index (χ2v) is 6.16. The van der Waals surface area contributed by atoms with Crippen LogP contribution in [0.2, 0.25) is 0 Å². The number of pyridine rings is 1. The van der Waals surface area contributed by atoms with Crippen LogP contribution in [0.5, 0.6) is 0 Å². The van der Waals surface area contributed by atoms with Crippen molar-refractivity contribution in [2.75, 3.05) is 11.9 Å². The summed E-state index contributed by atoms with van der Waals surface area (Å²) in [4.78, 5) is 27.7. The summed E-state index contributed by atoms with van der Waals surface area (Å²) in [5.41, 5.74) is 3.95. The largest absolute Gasteiger partial charge is 0.338 e. The molecule has 6 nitrogen and oxygen atoms in total. The van der Waals surface area contributed by atoms with E-state index >= 15 is 0 Å². The molecule has 130 valence electrons. The first-order valence-corrected chi connectivity index (χ1v) is 8.49. The van der Waals surface area contributed by atoms with Crippen LogP contribution in [0.4, 0.5) is 10.5 Å². The monoisotopic (exact) mass is 338 g/mol. The molecule has 1 atom stereocenters. The van der Waals surface area contributed by atoms with Gasteiger partial charge in [-0.2, -0.15) is 0 Å². The second-order valence-electron chi connectivity index (χ2n) is 6.16. The van der Waals surface area contributed by atoms with Crippen molar-refractivity contribution >= 4 is 17.6 Å². The van der Waals surface area contributed by atoms with Gasteiger partial charge < -0.3 is 16.0 Å². The first-order valence-electron chi connectivity index (χ1n) is 8.49. The third-order valence-corrected chi connectivity index (χ3v) is 4.27. The predicted octanol–water partition coefficient (Wildman–Crippen LogP) is 2.57. The van der Waals surface area contributed by atoms with Crippen LogP contribution < -0.4 is 16.0 Å². The maximum Gasteiger partial charge on any atom is 0.315 e. The lowest BCUT2D eigenvalue weighted by atomic mass is 9.98. The molecular weight excluding hydrogens is 316 g/mol. The van der Waals surface area contributed by atoms with Gasteiger partial charge >= 0.3 is 6.03 Å². The number of amides is 3. The highest BCUT2D eigenvalue weighted by Crippen LogP contribution is 2.26. The van der Waals surface area contributed by atoms with Crippen molar-refractivity contribution in [3.63, 3.8) is 0 Å². The summed E-state index contributed by atoms with van der Waals surface area (Å²) >= 11 is 0. The van der Waals surface area contributed by atoms with Gasteiger partial charge in [0.2, 0.25) is 5.91 Å². The van der Waals surface area contributed by atoms with E-state index in [1.54, 1.807) is 6.20 Å². The molecule has 0 unspecified atom stereocenters. The molecule has 6 heteroatoms. The average Bonchev–Trinajstić information content (AvgIpc) is 2.62. The van der Waals surface area contributed by atoms with E-state index in [-0.39, 0.29) is 18.0 Å². The number of fused-ring (bicyclic) bond motifs is 1. The Labute approximate surface area is 147 Å². The second kappa shape index (κ2) is 7.79.